The number of hydrogen-bond acceptors (Lipinski definition) is 3. The molecule has 0 unspecified atom stereocenters. The van der Waals surface area contributed by atoms with Crippen LogP contribution in [0.5, 0.6) is 0 Å². The third-order valence-electron chi connectivity index (χ3n) is 3.19. The van der Waals surface area contributed by atoms with E-state index in [9.17, 15) is 12.8 Å². The number of benzene rings is 2. The molecule has 0 aliphatic heterocycles. The van der Waals surface area contributed by atoms with Crippen molar-refractivity contribution in [3.63, 3.8) is 0 Å². The van der Waals surface area contributed by atoms with Gasteiger partial charge >= 0.3 is 0 Å². The molecule has 0 amide bonds. The molecule has 2 aromatic rings. The van der Waals surface area contributed by atoms with Crippen LogP contribution in [0.15, 0.2) is 41.3 Å². The summed E-state index contributed by atoms with van der Waals surface area (Å²) in [6.07, 6.45) is 0.568. The summed E-state index contributed by atoms with van der Waals surface area (Å²) in [6.45, 7) is 3.51. The van der Waals surface area contributed by atoms with Crippen LogP contribution in [0, 0.1) is 12.7 Å². The summed E-state index contributed by atoms with van der Waals surface area (Å²) in [5.41, 5.74) is 7.60. The lowest BCUT2D eigenvalue weighted by atomic mass is 10.1. The van der Waals surface area contributed by atoms with Crippen molar-refractivity contribution in [3.8, 4) is 0 Å². The zero-order valence-electron chi connectivity index (χ0n) is 11.9. The van der Waals surface area contributed by atoms with Crippen LogP contribution in [0.1, 0.15) is 18.1 Å². The fourth-order valence-corrected chi connectivity index (χ4v) is 3.53. The van der Waals surface area contributed by atoms with Gasteiger partial charge in [-0.05, 0) is 54.8 Å². The van der Waals surface area contributed by atoms with E-state index in [1.807, 2.05) is 6.92 Å². The molecule has 0 fully saturated rings. The Labute approximate surface area is 123 Å². The van der Waals surface area contributed by atoms with Crippen molar-refractivity contribution in [3.05, 3.63) is 53.3 Å². The molecule has 0 aliphatic carbocycles. The molecule has 0 aromatic heterocycles. The van der Waals surface area contributed by atoms with E-state index in [4.69, 9.17) is 5.73 Å². The maximum absolute atomic E-state index is 13.1. The zero-order valence-corrected chi connectivity index (χ0v) is 12.7. The lowest BCUT2D eigenvalue weighted by molar-refractivity contribution is 0.600. The molecule has 0 aliphatic rings. The van der Waals surface area contributed by atoms with Gasteiger partial charge in [-0.1, -0.05) is 13.0 Å². The summed E-state index contributed by atoms with van der Waals surface area (Å²) < 4.78 is 40.6. The topological polar surface area (TPSA) is 72.2 Å². The van der Waals surface area contributed by atoms with E-state index in [0.29, 0.717) is 28.9 Å². The highest BCUT2D eigenvalue weighted by Crippen LogP contribution is 2.24. The zero-order chi connectivity index (χ0) is 15.6. The van der Waals surface area contributed by atoms with Crippen LogP contribution < -0.4 is 10.5 Å². The second-order valence-corrected chi connectivity index (χ2v) is 6.44. The number of nitrogen functional groups attached to an aromatic ring is 1. The van der Waals surface area contributed by atoms with Gasteiger partial charge in [0.15, 0.2) is 0 Å². The lowest BCUT2D eigenvalue weighted by Crippen LogP contribution is -2.16. The molecular formula is C15H17FN2O2S. The summed E-state index contributed by atoms with van der Waals surface area (Å²) in [5.74, 6) is -0.409. The maximum atomic E-state index is 13.1. The Kier molecular flexibility index (Phi) is 4.18. The Balaban J connectivity index is 2.45. The molecule has 6 heteroatoms. The normalized spacial score (nSPS) is 11.4. The van der Waals surface area contributed by atoms with Crippen LogP contribution in [-0.2, 0) is 16.4 Å². The molecule has 0 atom stereocenters. The number of aryl methyl sites for hydroxylation is 2. The molecule has 0 spiro atoms. The molecule has 0 bridgehead atoms. The van der Waals surface area contributed by atoms with Crippen molar-refractivity contribution in [2.24, 2.45) is 0 Å². The van der Waals surface area contributed by atoms with Gasteiger partial charge in [-0.2, -0.15) is 0 Å². The minimum atomic E-state index is -3.77. The molecule has 0 radical (unpaired) electrons. The predicted octanol–water partition coefficient (Wildman–Crippen LogP) is 3.08. The standard InChI is InChI=1S/C15H17FN2O2S/c1-3-11-4-6-13(17)9-15(11)21(19,20)18-14-7-5-12(16)8-10(14)2/h4-9,18H,3,17H2,1-2H3. The Morgan fingerprint density at radius 2 is 1.90 bits per heavy atom. The molecule has 3 N–H and O–H groups in total. The van der Waals surface area contributed by atoms with Gasteiger partial charge in [0.25, 0.3) is 10.0 Å². The Morgan fingerprint density at radius 1 is 1.19 bits per heavy atom. The summed E-state index contributed by atoms with van der Waals surface area (Å²) >= 11 is 0. The first-order valence-electron chi connectivity index (χ1n) is 6.51. The second kappa shape index (κ2) is 5.73. The predicted molar refractivity (Wildman–Crippen MR) is 82.2 cm³/mol. The highest BCUT2D eigenvalue weighted by molar-refractivity contribution is 7.92. The van der Waals surface area contributed by atoms with Crippen molar-refractivity contribution >= 4 is 21.4 Å². The molecule has 112 valence electrons. The Hall–Kier alpha value is -2.08. The summed E-state index contributed by atoms with van der Waals surface area (Å²) in [7, 11) is -3.77. The quantitative estimate of drug-likeness (QED) is 0.853. The fourth-order valence-electron chi connectivity index (χ4n) is 2.05. The summed E-state index contributed by atoms with van der Waals surface area (Å²) in [5, 5.41) is 0. The molecule has 0 heterocycles. The van der Waals surface area contributed by atoms with Gasteiger partial charge in [0.1, 0.15) is 5.82 Å². The number of halogens is 1. The van der Waals surface area contributed by atoms with Crippen LogP contribution in [-0.4, -0.2) is 8.42 Å². The van der Waals surface area contributed by atoms with Crippen LogP contribution in [0.2, 0.25) is 0 Å². The van der Waals surface area contributed by atoms with Crippen molar-refractivity contribution in [2.45, 2.75) is 25.2 Å². The van der Waals surface area contributed by atoms with Crippen molar-refractivity contribution in [1.82, 2.24) is 0 Å². The van der Waals surface area contributed by atoms with E-state index < -0.39 is 15.8 Å². The monoisotopic (exact) mass is 308 g/mol. The van der Waals surface area contributed by atoms with E-state index in [0.717, 1.165) is 0 Å². The number of nitrogens with two attached hydrogens (primary N) is 1. The molecular weight excluding hydrogens is 291 g/mol. The van der Waals surface area contributed by atoms with Crippen molar-refractivity contribution in [1.29, 1.82) is 0 Å². The van der Waals surface area contributed by atoms with Gasteiger partial charge in [0, 0.05) is 5.69 Å². The molecule has 2 aromatic carbocycles. The number of rotatable bonds is 4. The highest BCUT2D eigenvalue weighted by Gasteiger charge is 2.19. The van der Waals surface area contributed by atoms with Gasteiger partial charge in [-0.15, -0.1) is 0 Å². The van der Waals surface area contributed by atoms with Gasteiger partial charge in [-0.3, -0.25) is 4.72 Å². The molecule has 0 saturated heterocycles. The minimum absolute atomic E-state index is 0.147. The molecule has 0 saturated carbocycles. The number of nitrogens with one attached hydrogen (secondary N) is 1. The number of hydrogen-bond donors (Lipinski definition) is 2. The lowest BCUT2D eigenvalue weighted by Gasteiger charge is -2.13. The van der Waals surface area contributed by atoms with Gasteiger partial charge in [-0.25, -0.2) is 12.8 Å². The van der Waals surface area contributed by atoms with E-state index in [2.05, 4.69) is 4.72 Å². The van der Waals surface area contributed by atoms with Gasteiger partial charge < -0.3 is 5.73 Å². The minimum Gasteiger partial charge on any atom is -0.399 e. The SMILES string of the molecule is CCc1ccc(N)cc1S(=O)(=O)Nc1ccc(F)cc1C. The largest absolute Gasteiger partial charge is 0.399 e. The Morgan fingerprint density at radius 3 is 2.52 bits per heavy atom. The van der Waals surface area contributed by atoms with Crippen LogP contribution in [0.25, 0.3) is 0 Å². The van der Waals surface area contributed by atoms with Gasteiger partial charge in [0.05, 0.1) is 10.6 Å². The van der Waals surface area contributed by atoms with Crippen LogP contribution in [0.4, 0.5) is 15.8 Å². The second-order valence-electron chi connectivity index (χ2n) is 4.79. The van der Waals surface area contributed by atoms with E-state index in [-0.39, 0.29) is 4.90 Å². The first-order valence-corrected chi connectivity index (χ1v) is 7.99. The fraction of sp³-hybridized carbons (Fsp3) is 0.200. The van der Waals surface area contributed by atoms with E-state index in [1.54, 1.807) is 19.1 Å². The van der Waals surface area contributed by atoms with Crippen molar-refractivity contribution in [2.75, 3.05) is 10.5 Å². The van der Waals surface area contributed by atoms with E-state index in [1.165, 1.54) is 24.3 Å². The number of anilines is 2. The van der Waals surface area contributed by atoms with Crippen molar-refractivity contribution < 1.29 is 12.8 Å². The Bertz CT molecular complexity index is 773. The molecule has 21 heavy (non-hydrogen) atoms. The van der Waals surface area contributed by atoms with Crippen LogP contribution >= 0.6 is 0 Å². The number of sulfonamides is 1. The average Bonchev–Trinajstić information content (AvgIpc) is 2.42. The van der Waals surface area contributed by atoms with Crippen LogP contribution in [0.3, 0.4) is 0 Å². The third-order valence-corrected chi connectivity index (χ3v) is 4.64. The van der Waals surface area contributed by atoms with Gasteiger partial charge in [0.2, 0.25) is 0 Å². The third kappa shape index (κ3) is 3.33. The highest BCUT2D eigenvalue weighted by atomic mass is 32.2. The molecule has 4 nitrogen and oxygen atoms in total. The smallest absolute Gasteiger partial charge is 0.262 e. The first kappa shape index (κ1) is 15.3. The van der Waals surface area contributed by atoms with E-state index >= 15 is 0 Å². The molecule has 2 rings (SSSR count). The first-order chi connectivity index (χ1) is 9.83. The average molecular weight is 308 g/mol. The maximum Gasteiger partial charge on any atom is 0.262 e. The summed E-state index contributed by atoms with van der Waals surface area (Å²) in [4.78, 5) is 0.147. The summed E-state index contributed by atoms with van der Waals surface area (Å²) in [6, 6.07) is 8.69.